The topological polar surface area (TPSA) is 44.5 Å². The van der Waals surface area contributed by atoms with E-state index >= 15 is 0 Å². The largest absolute Gasteiger partial charge is 0.496 e. The minimum atomic E-state index is 0.0668. The minimum absolute atomic E-state index is 0.0668. The summed E-state index contributed by atoms with van der Waals surface area (Å²) in [6.07, 6.45) is 3.71. The number of methoxy groups -OCH3 is 1. The van der Waals surface area contributed by atoms with Crippen LogP contribution in [0.5, 0.6) is 5.75 Å². The lowest BCUT2D eigenvalue weighted by molar-refractivity contribution is -0.154. The van der Waals surface area contributed by atoms with Crippen molar-refractivity contribution in [2.75, 3.05) is 26.9 Å². The zero-order valence-corrected chi connectivity index (χ0v) is 11.9. The molecule has 0 atom stereocenters. The Kier molecular flexibility index (Phi) is 3.06. The van der Waals surface area contributed by atoms with Crippen LogP contribution in [-0.4, -0.2) is 26.9 Å². The molecule has 3 nitrogen and oxygen atoms in total. The summed E-state index contributed by atoms with van der Waals surface area (Å²) >= 11 is 0. The number of ether oxygens (including phenoxy) is 2. The van der Waals surface area contributed by atoms with Gasteiger partial charge in [0.05, 0.1) is 25.7 Å². The first-order chi connectivity index (χ1) is 9.17. The van der Waals surface area contributed by atoms with Gasteiger partial charge >= 0.3 is 0 Å². The van der Waals surface area contributed by atoms with Crippen molar-refractivity contribution in [3.8, 4) is 5.75 Å². The molecule has 1 aliphatic carbocycles. The van der Waals surface area contributed by atoms with E-state index in [2.05, 4.69) is 25.1 Å². The summed E-state index contributed by atoms with van der Waals surface area (Å²) in [6.45, 7) is 4.44. The predicted octanol–water partition coefficient (Wildman–Crippen LogP) is 2.40. The second kappa shape index (κ2) is 4.50. The highest BCUT2D eigenvalue weighted by atomic mass is 16.5. The fraction of sp³-hybridized carbons (Fsp3) is 0.625. The monoisotopic (exact) mass is 261 g/mol. The summed E-state index contributed by atoms with van der Waals surface area (Å²) < 4.78 is 11.2. The van der Waals surface area contributed by atoms with Gasteiger partial charge in [-0.25, -0.2) is 0 Å². The number of hydrogen-bond acceptors (Lipinski definition) is 3. The van der Waals surface area contributed by atoms with Crippen LogP contribution in [0.1, 0.15) is 30.4 Å². The average molecular weight is 261 g/mol. The van der Waals surface area contributed by atoms with Crippen LogP contribution in [0.2, 0.25) is 0 Å². The van der Waals surface area contributed by atoms with Gasteiger partial charge in [0.15, 0.2) is 0 Å². The molecule has 1 aromatic rings. The predicted molar refractivity (Wildman–Crippen MR) is 75.6 cm³/mol. The van der Waals surface area contributed by atoms with E-state index in [0.717, 1.165) is 25.5 Å². The number of benzene rings is 1. The van der Waals surface area contributed by atoms with Gasteiger partial charge in [-0.1, -0.05) is 24.1 Å². The molecule has 1 saturated carbocycles. The Labute approximate surface area is 115 Å². The van der Waals surface area contributed by atoms with Crippen LogP contribution in [-0.2, 0) is 10.2 Å². The van der Waals surface area contributed by atoms with E-state index in [1.54, 1.807) is 7.11 Å². The molecule has 1 saturated heterocycles. The molecule has 0 amide bonds. The van der Waals surface area contributed by atoms with Crippen molar-refractivity contribution < 1.29 is 9.47 Å². The van der Waals surface area contributed by atoms with Crippen molar-refractivity contribution in [1.82, 2.24) is 0 Å². The van der Waals surface area contributed by atoms with E-state index in [4.69, 9.17) is 15.2 Å². The molecule has 2 aliphatic rings. The molecule has 3 heteroatoms. The van der Waals surface area contributed by atoms with E-state index in [-0.39, 0.29) is 10.8 Å². The Hall–Kier alpha value is -1.06. The fourth-order valence-electron chi connectivity index (χ4n) is 3.73. The highest BCUT2D eigenvalue weighted by molar-refractivity contribution is 5.46. The van der Waals surface area contributed by atoms with E-state index in [1.807, 2.05) is 0 Å². The number of aryl methyl sites for hydroxylation is 1. The van der Waals surface area contributed by atoms with E-state index in [0.29, 0.717) is 0 Å². The second-order valence-electron chi connectivity index (χ2n) is 6.12. The smallest absolute Gasteiger partial charge is 0.122 e. The molecular weight excluding hydrogens is 238 g/mol. The van der Waals surface area contributed by atoms with Crippen LogP contribution >= 0.6 is 0 Å². The maximum Gasteiger partial charge on any atom is 0.122 e. The molecule has 19 heavy (non-hydrogen) atoms. The van der Waals surface area contributed by atoms with Crippen molar-refractivity contribution in [2.45, 2.75) is 31.6 Å². The maximum atomic E-state index is 6.13. The lowest BCUT2D eigenvalue weighted by Crippen LogP contribution is -2.64. The highest BCUT2D eigenvalue weighted by Gasteiger charge is 2.59. The Morgan fingerprint density at radius 2 is 2.05 bits per heavy atom. The Morgan fingerprint density at radius 3 is 2.47 bits per heavy atom. The number of nitrogens with two attached hydrogens (primary N) is 1. The number of hydrogen-bond donors (Lipinski definition) is 1. The SMILES string of the molecule is COc1ccc(C)cc1C1(C2(CN)CCC2)COC1. The molecular formula is C16H23NO2. The third-order valence-corrected chi connectivity index (χ3v) is 5.28. The molecule has 0 unspecified atom stereocenters. The van der Waals surface area contributed by atoms with Crippen LogP contribution in [0, 0.1) is 12.3 Å². The van der Waals surface area contributed by atoms with Crippen LogP contribution in [0.4, 0.5) is 0 Å². The summed E-state index contributed by atoms with van der Waals surface area (Å²) in [6, 6.07) is 6.44. The zero-order valence-electron chi connectivity index (χ0n) is 11.9. The molecule has 2 fully saturated rings. The molecule has 3 rings (SSSR count). The summed E-state index contributed by atoms with van der Waals surface area (Å²) in [5.74, 6) is 0.980. The third kappa shape index (κ3) is 1.65. The minimum Gasteiger partial charge on any atom is -0.496 e. The molecule has 0 radical (unpaired) electrons. The van der Waals surface area contributed by atoms with Gasteiger partial charge in [0.25, 0.3) is 0 Å². The lowest BCUT2D eigenvalue weighted by Gasteiger charge is -2.60. The van der Waals surface area contributed by atoms with Gasteiger partial charge in [0.2, 0.25) is 0 Å². The maximum absolute atomic E-state index is 6.13. The van der Waals surface area contributed by atoms with Gasteiger partial charge < -0.3 is 15.2 Å². The molecule has 0 bridgehead atoms. The molecule has 1 heterocycles. The lowest BCUT2D eigenvalue weighted by atomic mass is 9.49. The molecule has 0 aromatic heterocycles. The van der Waals surface area contributed by atoms with Crippen molar-refractivity contribution in [3.63, 3.8) is 0 Å². The van der Waals surface area contributed by atoms with Gasteiger partial charge in [0.1, 0.15) is 5.75 Å². The van der Waals surface area contributed by atoms with Crippen LogP contribution in [0.15, 0.2) is 18.2 Å². The van der Waals surface area contributed by atoms with Crippen molar-refractivity contribution in [1.29, 1.82) is 0 Å². The first-order valence-corrected chi connectivity index (χ1v) is 7.10. The van der Waals surface area contributed by atoms with Gasteiger partial charge in [-0.3, -0.25) is 0 Å². The van der Waals surface area contributed by atoms with Crippen LogP contribution < -0.4 is 10.5 Å². The Morgan fingerprint density at radius 1 is 1.32 bits per heavy atom. The van der Waals surface area contributed by atoms with Crippen LogP contribution in [0.3, 0.4) is 0 Å². The second-order valence-corrected chi connectivity index (χ2v) is 6.12. The molecule has 104 valence electrons. The van der Waals surface area contributed by atoms with Crippen molar-refractivity contribution in [3.05, 3.63) is 29.3 Å². The average Bonchev–Trinajstić information content (AvgIpc) is 2.31. The summed E-state index contributed by atoms with van der Waals surface area (Å²) in [4.78, 5) is 0. The molecule has 1 aromatic carbocycles. The van der Waals surface area contributed by atoms with Gasteiger partial charge in [-0.2, -0.15) is 0 Å². The molecule has 1 aliphatic heterocycles. The summed E-state index contributed by atoms with van der Waals surface area (Å²) in [5.41, 5.74) is 8.99. The standard InChI is InChI=1S/C16H23NO2/c1-12-4-5-14(18-2)13(8-12)16(10-19-11-16)15(9-17)6-3-7-15/h4-5,8H,3,6-7,9-11,17H2,1-2H3. The van der Waals surface area contributed by atoms with E-state index in [9.17, 15) is 0 Å². The van der Waals surface area contributed by atoms with Gasteiger partial charge in [-0.15, -0.1) is 0 Å². The van der Waals surface area contributed by atoms with Crippen molar-refractivity contribution >= 4 is 0 Å². The van der Waals surface area contributed by atoms with Gasteiger partial charge in [-0.05, 0) is 37.8 Å². The zero-order chi connectivity index (χ0) is 13.5. The number of rotatable bonds is 4. The normalized spacial score (nSPS) is 23.3. The van der Waals surface area contributed by atoms with Crippen molar-refractivity contribution in [2.24, 2.45) is 11.1 Å². The first kappa shape index (κ1) is 12.9. The summed E-state index contributed by atoms with van der Waals surface area (Å²) in [5, 5.41) is 0. The molecule has 2 N–H and O–H groups in total. The van der Waals surface area contributed by atoms with E-state index < -0.39 is 0 Å². The third-order valence-electron chi connectivity index (χ3n) is 5.28. The Balaban J connectivity index is 2.09. The quantitative estimate of drug-likeness (QED) is 0.905. The summed E-state index contributed by atoms with van der Waals surface area (Å²) in [7, 11) is 1.75. The molecule has 0 spiro atoms. The van der Waals surface area contributed by atoms with Gasteiger partial charge in [0, 0.05) is 5.56 Å². The highest BCUT2D eigenvalue weighted by Crippen LogP contribution is 2.59. The Bertz CT molecular complexity index is 470. The fourth-order valence-corrected chi connectivity index (χ4v) is 3.73. The van der Waals surface area contributed by atoms with Crippen LogP contribution in [0.25, 0.3) is 0 Å². The first-order valence-electron chi connectivity index (χ1n) is 7.10. The van der Waals surface area contributed by atoms with E-state index in [1.165, 1.54) is 30.4 Å².